The summed E-state index contributed by atoms with van der Waals surface area (Å²) < 4.78 is 4.91. The summed E-state index contributed by atoms with van der Waals surface area (Å²) >= 11 is 0. The largest absolute Gasteiger partial charge is 0.550 e. The van der Waals surface area contributed by atoms with Crippen LogP contribution in [-0.2, 0) is 9.53 Å². The fourth-order valence-electron chi connectivity index (χ4n) is 1.77. The van der Waals surface area contributed by atoms with Gasteiger partial charge in [-0.25, -0.2) is 0 Å². The van der Waals surface area contributed by atoms with Gasteiger partial charge in [-0.3, -0.25) is 0 Å². The number of nitrogens with zero attached hydrogens (tertiary/aromatic N) is 1. The first-order chi connectivity index (χ1) is 9.17. The quantitative estimate of drug-likeness (QED) is 0.661. The third-order valence-corrected chi connectivity index (χ3v) is 3.12. The van der Waals surface area contributed by atoms with Crippen LogP contribution in [0.4, 0.5) is 0 Å². The van der Waals surface area contributed by atoms with Gasteiger partial charge in [-0.05, 0) is 29.8 Å². The summed E-state index contributed by atoms with van der Waals surface area (Å²) in [5, 5.41) is 13.0. The Bertz CT molecular complexity index is 422. The number of aliphatic carboxylic acids is 1. The van der Waals surface area contributed by atoms with Gasteiger partial charge in [0.2, 0.25) is 0 Å². The third-order valence-electron chi connectivity index (χ3n) is 3.12. The minimum atomic E-state index is -0.981. The lowest BCUT2D eigenvalue weighted by molar-refractivity contribution is -0.305. The number of carboxylic acids is 1. The lowest BCUT2D eigenvalue weighted by atomic mass is 10.1. The summed E-state index contributed by atoms with van der Waals surface area (Å²) in [6, 6.07) is 8.48. The van der Waals surface area contributed by atoms with Crippen LogP contribution in [0.5, 0.6) is 0 Å². The molecule has 0 aromatic rings. The number of carboxylic acid groups (broad SMARTS) is 1. The van der Waals surface area contributed by atoms with Crippen LogP contribution in [-0.4, -0.2) is 44.2 Å². The first-order valence-electron chi connectivity index (χ1n) is 6.69. The Morgan fingerprint density at radius 2 is 1.79 bits per heavy atom. The zero-order chi connectivity index (χ0) is 14.1. The van der Waals surface area contributed by atoms with Crippen molar-refractivity contribution in [2.45, 2.75) is 19.8 Å². The first kappa shape index (κ1) is 15.7. The van der Waals surface area contributed by atoms with Crippen LogP contribution in [0, 0.1) is 10.4 Å². The molecular weight excluding hydrogens is 242 g/mol. The second kappa shape index (κ2) is 8.67. The third kappa shape index (κ3) is 5.85. The molecule has 2 rings (SSSR count). The smallest absolute Gasteiger partial charge is 0.0474 e. The highest BCUT2D eigenvalue weighted by Crippen LogP contribution is 2.04. The van der Waals surface area contributed by atoms with Crippen LogP contribution >= 0.6 is 0 Å². The van der Waals surface area contributed by atoms with Gasteiger partial charge in [0.05, 0.1) is 0 Å². The van der Waals surface area contributed by atoms with E-state index in [1.54, 1.807) is 7.11 Å². The molecule has 0 saturated heterocycles. The van der Waals surface area contributed by atoms with Crippen LogP contribution in [0.1, 0.15) is 19.8 Å². The molecule has 2 aliphatic rings. The Kier molecular flexibility index (Phi) is 7.15. The van der Waals surface area contributed by atoms with E-state index >= 15 is 0 Å². The van der Waals surface area contributed by atoms with Crippen LogP contribution in [0.25, 0.3) is 0 Å². The minimum absolute atomic E-state index is 0.112. The van der Waals surface area contributed by atoms with E-state index in [1.165, 1.54) is 10.4 Å². The fraction of sp³-hybridized carbons (Fsp3) is 0.533. The van der Waals surface area contributed by atoms with E-state index in [-0.39, 0.29) is 6.42 Å². The molecule has 4 heteroatoms. The second-order valence-electron chi connectivity index (χ2n) is 4.48. The number of methoxy groups -OCH3 is 1. The van der Waals surface area contributed by atoms with Gasteiger partial charge < -0.3 is 19.5 Å². The molecule has 4 nitrogen and oxygen atoms in total. The maximum Gasteiger partial charge on any atom is 0.0474 e. The zero-order valence-electron chi connectivity index (χ0n) is 11.7. The number of rotatable bonds is 8. The molecule has 0 aromatic carbocycles. The van der Waals surface area contributed by atoms with Gasteiger partial charge in [-0.1, -0.05) is 31.2 Å². The van der Waals surface area contributed by atoms with Gasteiger partial charge in [0.15, 0.2) is 0 Å². The van der Waals surface area contributed by atoms with Gasteiger partial charge in [0, 0.05) is 32.8 Å². The molecular formula is C15H22NO3-. The Balaban J connectivity index is 0.000000241. The average molecular weight is 264 g/mol. The molecule has 0 aromatic heterocycles. The van der Waals surface area contributed by atoms with Crippen molar-refractivity contribution in [1.29, 1.82) is 0 Å². The Morgan fingerprint density at radius 1 is 1.21 bits per heavy atom. The number of carbonyl (C=O) groups is 1. The van der Waals surface area contributed by atoms with E-state index in [4.69, 9.17) is 4.74 Å². The summed E-state index contributed by atoms with van der Waals surface area (Å²) in [7, 11) is 1.66. The van der Waals surface area contributed by atoms with E-state index in [0.717, 1.165) is 26.1 Å². The van der Waals surface area contributed by atoms with E-state index in [2.05, 4.69) is 29.2 Å². The first-order valence-corrected chi connectivity index (χ1v) is 6.69. The van der Waals surface area contributed by atoms with Crippen molar-refractivity contribution in [3.8, 4) is 0 Å². The normalized spacial score (nSPS) is 10.9. The molecule has 0 atom stereocenters. The van der Waals surface area contributed by atoms with E-state index in [1.807, 2.05) is 6.92 Å². The number of carbonyl (C=O) groups excluding carboxylic acids is 1. The van der Waals surface area contributed by atoms with E-state index in [0.29, 0.717) is 6.54 Å². The lowest BCUT2D eigenvalue weighted by Gasteiger charge is -2.20. The maximum atomic E-state index is 10.2. The highest BCUT2D eigenvalue weighted by atomic mass is 16.5. The van der Waals surface area contributed by atoms with Crippen molar-refractivity contribution in [1.82, 2.24) is 4.90 Å². The van der Waals surface area contributed by atoms with Crippen LogP contribution in [0.3, 0.4) is 0 Å². The number of hydrogen-bond acceptors (Lipinski definition) is 4. The number of hydrogen-bond donors (Lipinski definition) is 0. The summed E-state index contributed by atoms with van der Waals surface area (Å²) in [5.74, 6) is -0.981. The molecule has 0 aliphatic heterocycles. The molecule has 0 heterocycles. The van der Waals surface area contributed by atoms with Crippen molar-refractivity contribution in [3.05, 3.63) is 34.7 Å². The zero-order valence-corrected chi connectivity index (χ0v) is 11.7. The maximum absolute atomic E-state index is 10.2. The molecule has 0 unspecified atom stereocenters. The summed E-state index contributed by atoms with van der Waals surface area (Å²) in [4.78, 5) is 12.3. The summed E-state index contributed by atoms with van der Waals surface area (Å²) in [6.45, 7) is 5.07. The molecule has 0 radical (unpaired) electrons. The van der Waals surface area contributed by atoms with Crippen molar-refractivity contribution < 1.29 is 14.6 Å². The Morgan fingerprint density at radius 3 is 2.11 bits per heavy atom. The predicted molar refractivity (Wildman–Crippen MR) is 72.3 cm³/mol. The van der Waals surface area contributed by atoms with Crippen molar-refractivity contribution >= 4 is 5.97 Å². The van der Waals surface area contributed by atoms with Crippen molar-refractivity contribution in [2.75, 3.05) is 33.4 Å². The van der Waals surface area contributed by atoms with Crippen LogP contribution in [0.15, 0.2) is 24.3 Å². The van der Waals surface area contributed by atoms with Crippen LogP contribution in [0.2, 0.25) is 0 Å². The molecule has 0 saturated carbocycles. The molecule has 0 amide bonds. The highest BCUT2D eigenvalue weighted by molar-refractivity contribution is 5.64. The van der Waals surface area contributed by atoms with Gasteiger partial charge >= 0.3 is 0 Å². The highest BCUT2D eigenvalue weighted by Gasteiger charge is 2.01. The molecule has 0 fully saturated rings. The van der Waals surface area contributed by atoms with Crippen molar-refractivity contribution in [2.24, 2.45) is 0 Å². The second-order valence-corrected chi connectivity index (χ2v) is 4.48. The van der Waals surface area contributed by atoms with Gasteiger partial charge in [0.25, 0.3) is 0 Å². The van der Waals surface area contributed by atoms with E-state index in [9.17, 15) is 9.90 Å². The fourth-order valence-corrected chi connectivity index (χ4v) is 1.77. The van der Waals surface area contributed by atoms with Crippen molar-refractivity contribution in [3.63, 3.8) is 0 Å². The molecule has 0 N–H and O–H groups in total. The van der Waals surface area contributed by atoms with Gasteiger partial charge in [-0.2, -0.15) is 0 Å². The standard InChI is InChI=1S/C9H19NO3.C6H4/c1-3-10(6-4-8-13-2)7-5-9(11)12;1-2-6-4-3-5(1)6/h3-8H2,1-2H3,(H,11,12);1-4H/p-1. The number of ether oxygens (including phenoxy) is 1. The topological polar surface area (TPSA) is 52.6 Å². The summed E-state index contributed by atoms with van der Waals surface area (Å²) in [6.07, 6.45) is 1.05. The van der Waals surface area contributed by atoms with E-state index < -0.39 is 5.97 Å². The Hall–Kier alpha value is -1.39. The molecule has 0 spiro atoms. The molecule has 19 heavy (non-hydrogen) atoms. The molecule has 2 aliphatic carbocycles. The van der Waals surface area contributed by atoms with Gasteiger partial charge in [0.1, 0.15) is 0 Å². The van der Waals surface area contributed by atoms with Gasteiger partial charge in [-0.15, -0.1) is 0 Å². The summed E-state index contributed by atoms with van der Waals surface area (Å²) in [5.41, 5.74) is 0. The Labute approximate surface area is 114 Å². The SMILES string of the molecule is CCN(CCCOC)CCC(=O)[O-].c1cc2ccc1=2. The minimum Gasteiger partial charge on any atom is -0.550 e. The average Bonchev–Trinajstić information content (AvgIpc) is 2.38. The molecule has 106 valence electrons. The predicted octanol–water partition coefficient (Wildman–Crippen LogP) is 0.772. The number of benzene rings is 1. The van der Waals surface area contributed by atoms with Crippen LogP contribution < -0.4 is 5.11 Å². The molecule has 0 bridgehead atoms. The monoisotopic (exact) mass is 264 g/mol. The lowest BCUT2D eigenvalue weighted by Crippen LogP contribution is -2.32.